The van der Waals surface area contributed by atoms with Gasteiger partial charge in [-0.25, -0.2) is 8.42 Å². The Labute approximate surface area is 151 Å². The van der Waals surface area contributed by atoms with Crippen molar-refractivity contribution >= 4 is 33.3 Å². The number of sulfonamides is 1. The molecule has 1 aliphatic rings. The lowest BCUT2D eigenvalue weighted by atomic mass is 10.1. The number of alkyl halides is 3. The number of ketones is 1. The molecule has 0 saturated carbocycles. The second kappa shape index (κ2) is 6.51. The Bertz CT molecular complexity index is 970. The fourth-order valence-electron chi connectivity index (χ4n) is 2.32. The van der Waals surface area contributed by atoms with Gasteiger partial charge in [0.05, 0.1) is 23.1 Å². The summed E-state index contributed by atoms with van der Waals surface area (Å²) >= 11 is 1.04. The molecule has 0 unspecified atom stereocenters. The minimum atomic E-state index is -4.44. The van der Waals surface area contributed by atoms with Crippen LogP contribution < -0.4 is 9.46 Å². The summed E-state index contributed by atoms with van der Waals surface area (Å²) in [4.78, 5) is 12.7. The second-order valence-electron chi connectivity index (χ2n) is 5.55. The Morgan fingerprint density at radius 2 is 1.81 bits per heavy atom. The molecule has 0 spiro atoms. The van der Waals surface area contributed by atoms with E-state index in [-0.39, 0.29) is 23.8 Å². The lowest BCUT2D eigenvalue weighted by Gasteiger charge is -2.13. The summed E-state index contributed by atoms with van der Waals surface area (Å²) in [5, 5.41) is 0. The summed E-state index contributed by atoms with van der Waals surface area (Å²) in [7, 11) is -3.60. The van der Waals surface area contributed by atoms with Crippen molar-refractivity contribution in [3.63, 3.8) is 0 Å². The van der Waals surface area contributed by atoms with Crippen LogP contribution in [0.5, 0.6) is 5.75 Å². The lowest BCUT2D eigenvalue weighted by Crippen LogP contribution is -2.10. The Morgan fingerprint density at radius 1 is 1.15 bits per heavy atom. The van der Waals surface area contributed by atoms with Crippen LogP contribution in [0.1, 0.15) is 15.9 Å². The zero-order valence-corrected chi connectivity index (χ0v) is 14.9. The molecule has 0 fully saturated rings. The van der Waals surface area contributed by atoms with Gasteiger partial charge < -0.3 is 4.74 Å². The van der Waals surface area contributed by atoms with Gasteiger partial charge in [0, 0.05) is 15.9 Å². The van der Waals surface area contributed by atoms with Crippen molar-refractivity contribution < 1.29 is 31.1 Å². The third kappa shape index (κ3) is 4.13. The fourth-order valence-corrected chi connectivity index (χ4v) is 3.88. The molecule has 26 heavy (non-hydrogen) atoms. The van der Waals surface area contributed by atoms with Crippen LogP contribution in [0.15, 0.2) is 46.2 Å². The van der Waals surface area contributed by atoms with E-state index in [1.807, 2.05) is 0 Å². The fraction of sp³-hybridized carbons (Fsp3) is 0.188. The van der Waals surface area contributed by atoms with E-state index in [1.165, 1.54) is 24.3 Å². The first-order valence-corrected chi connectivity index (χ1v) is 9.91. The number of rotatable bonds is 4. The number of fused-ring (bicyclic) bond motifs is 1. The van der Waals surface area contributed by atoms with Crippen molar-refractivity contribution in [2.45, 2.75) is 16.0 Å². The maximum atomic E-state index is 12.7. The highest BCUT2D eigenvalue weighted by atomic mass is 32.2. The number of carbonyl (C=O) groups excluding carboxylic acids is 1. The number of hydrogen-bond donors (Lipinski definition) is 1. The molecule has 2 aromatic rings. The first-order valence-electron chi connectivity index (χ1n) is 7.20. The van der Waals surface area contributed by atoms with Crippen molar-refractivity contribution in [1.82, 2.24) is 0 Å². The van der Waals surface area contributed by atoms with E-state index >= 15 is 0 Å². The molecule has 0 aliphatic carbocycles. The monoisotopic (exact) mass is 403 g/mol. The zero-order chi connectivity index (χ0) is 19.1. The first-order chi connectivity index (χ1) is 12.0. The third-order valence-corrected chi connectivity index (χ3v) is 5.10. The quantitative estimate of drug-likeness (QED) is 0.841. The molecular weight excluding hydrogens is 391 g/mol. The normalized spacial score (nSPS) is 14.1. The molecule has 0 amide bonds. The van der Waals surface area contributed by atoms with Crippen LogP contribution in [0, 0.1) is 0 Å². The number of halogens is 3. The lowest BCUT2D eigenvalue weighted by molar-refractivity contribution is -0.137. The van der Waals surface area contributed by atoms with E-state index < -0.39 is 21.8 Å². The smallest absolute Gasteiger partial charge is 0.416 e. The van der Waals surface area contributed by atoms with Gasteiger partial charge in [-0.05, 0) is 30.3 Å². The maximum Gasteiger partial charge on any atom is 0.416 e. The molecule has 0 radical (unpaired) electrons. The van der Waals surface area contributed by atoms with Gasteiger partial charge in [-0.15, -0.1) is 0 Å². The first kappa shape index (κ1) is 18.6. The molecule has 1 heterocycles. The van der Waals surface area contributed by atoms with E-state index in [9.17, 15) is 26.4 Å². The van der Waals surface area contributed by atoms with E-state index in [2.05, 4.69) is 4.72 Å². The zero-order valence-electron chi connectivity index (χ0n) is 13.3. The van der Waals surface area contributed by atoms with Gasteiger partial charge in [0.15, 0.2) is 6.61 Å². The van der Waals surface area contributed by atoms with E-state index in [0.29, 0.717) is 15.4 Å². The van der Waals surface area contributed by atoms with Crippen molar-refractivity contribution in [3.05, 3.63) is 47.5 Å². The standard InChI is InChI=1S/C16H12F3NO4S2/c1-26(22,23)20-12-7-14-11(13(21)8-24-14)6-15(12)25-10-4-2-9(3-5-10)16(17,18)19/h2-7,20H,8H2,1H3. The summed E-state index contributed by atoms with van der Waals surface area (Å²) in [6, 6.07) is 7.31. The summed E-state index contributed by atoms with van der Waals surface area (Å²) in [5.41, 5.74) is -0.293. The number of nitrogens with one attached hydrogen (secondary N) is 1. The minimum Gasteiger partial charge on any atom is -0.485 e. The van der Waals surface area contributed by atoms with Crippen LogP contribution >= 0.6 is 11.8 Å². The largest absolute Gasteiger partial charge is 0.485 e. The van der Waals surface area contributed by atoms with Gasteiger partial charge in [-0.1, -0.05) is 11.8 Å². The Balaban J connectivity index is 1.98. The molecule has 1 aliphatic heterocycles. The molecule has 5 nitrogen and oxygen atoms in total. The highest BCUT2D eigenvalue weighted by molar-refractivity contribution is 7.99. The highest BCUT2D eigenvalue weighted by Gasteiger charge is 2.30. The van der Waals surface area contributed by atoms with Gasteiger partial charge in [0.1, 0.15) is 5.75 Å². The number of Topliss-reactive ketones (excluding diaryl/α,β-unsaturated/α-hetero) is 1. The summed E-state index contributed by atoms with van der Waals surface area (Å²) in [6.45, 7) is -0.137. The summed E-state index contributed by atoms with van der Waals surface area (Å²) in [5.74, 6) is 0.0121. The van der Waals surface area contributed by atoms with Crippen LogP contribution in [0.4, 0.5) is 18.9 Å². The van der Waals surface area contributed by atoms with Gasteiger partial charge >= 0.3 is 6.18 Å². The topological polar surface area (TPSA) is 72.5 Å². The molecule has 10 heteroatoms. The van der Waals surface area contributed by atoms with Crippen molar-refractivity contribution in [1.29, 1.82) is 0 Å². The van der Waals surface area contributed by atoms with Gasteiger partial charge in [0.2, 0.25) is 15.8 Å². The molecular formula is C16H12F3NO4S2. The molecule has 0 saturated heterocycles. The average molecular weight is 403 g/mol. The Hall–Kier alpha value is -2.20. The van der Waals surface area contributed by atoms with Crippen molar-refractivity contribution in [2.75, 3.05) is 17.6 Å². The molecule has 3 rings (SSSR count). The van der Waals surface area contributed by atoms with Gasteiger partial charge in [-0.3, -0.25) is 9.52 Å². The van der Waals surface area contributed by atoms with Crippen LogP contribution in [-0.4, -0.2) is 27.1 Å². The number of ether oxygens (including phenoxy) is 1. The van der Waals surface area contributed by atoms with Crippen LogP contribution in [0.2, 0.25) is 0 Å². The molecule has 138 valence electrons. The molecule has 2 aromatic carbocycles. The predicted molar refractivity (Wildman–Crippen MR) is 90.3 cm³/mol. The third-order valence-electron chi connectivity index (χ3n) is 3.45. The second-order valence-corrected chi connectivity index (χ2v) is 8.42. The average Bonchev–Trinajstić information content (AvgIpc) is 2.86. The molecule has 0 atom stereocenters. The van der Waals surface area contributed by atoms with E-state index in [4.69, 9.17) is 4.74 Å². The number of carbonyl (C=O) groups is 1. The van der Waals surface area contributed by atoms with E-state index in [1.54, 1.807) is 0 Å². The molecule has 1 N–H and O–H groups in total. The number of benzene rings is 2. The van der Waals surface area contributed by atoms with Crippen LogP contribution in [0.3, 0.4) is 0 Å². The Morgan fingerprint density at radius 3 is 2.38 bits per heavy atom. The number of anilines is 1. The summed E-state index contributed by atoms with van der Waals surface area (Å²) in [6.07, 6.45) is -3.47. The molecule has 0 bridgehead atoms. The Kier molecular flexibility index (Phi) is 4.65. The van der Waals surface area contributed by atoms with Crippen LogP contribution in [-0.2, 0) is 16.2 Å². The maximum absolute atomic E-state index is 12.7. The van der Waals surface area contributed by atoms with Gasteiger partial charge in [0.25, 0.3) is 0 Å². The van der Waals surface area contributed by atoms with Crippen molar-refractivity contribution in [2.24, 2.45) is 0 Å². The van der Waals surface area contributed by atoms with Gasteiger partial charge in [-0.2, -0.15) is 13.2 Å². The number of hydrogen-bond acceptors (Lipinski definition) is 5. The van der Waals surface area contributed by atoms with E-state index in [0.717, 1.165) is 30.2 Å². The minimum absolute atomic E-state index is 0.137. The van der Waals surface area contributed by atoms with Crippen molar-refractivity contribution in [3.8, 4) is 5.75 Å². The highest BCUT2D eigenvalue weighted by Crippen LogP contribution is 2.40. The molecule has 0 aromatic heterocycles. The SMILES string of the molecule is CS(=O)(=O)Nc1cc2c(cc1Sc1ccc(C(F)(F)F)cc1)C(=O)CO2. The predicted octanol–water partition coefficient (Wildman–Crippen LogP) is 3.80. The summed E-state index contributed by atoms with van der Waals surface area (Å²) < 4.78 is 68.6. The van der Waals surface area contributed by atoms with Crippen LogP contribution in [0.25, 0.3) is 0 Å².